The average molecular weight is 1990 g/mol. The predicted molar refractivity (Wildman–Crippen MR) is 445 cm³/mol. The van der Waals surface area contributed by atoms with E-state index in [0.29, 0.717) is 0 Å². The number of Topliss-reactive ketones (excluding diaryl/α,β-unsaturated/α-hetero) is 6. The maximum absolute atomic E-state index is 19.7. The molecule has 12 aliphatic carbocycles. The minimum absolute atomic E-state index is 0.0978. The first kappa shape index (κ1) is 104. The number of fused-ring (bicyclic) bond motifs is 15. The fourth-order valence-corrected chi connectivity index (χ4v) is 32.2. The number of aliphatic hydroxyl groups is 19. The Bertz CT molecular complexity index is 4920. The van der Waals surface area contributed by atoms with Gasteiger partial charge in [0, 0.05) is 71.0 Å². The lowest BCUT2D eigenvalue weighted by molar-refractivity contribution is -0.496. The normalized spacial score (nSPS) is 55.4. The molecule has 49 atom stereocenters. The van der Waals surface area contributed by atoms with Crippen LogP contribution >= 0.6 is 0 Å². The topological polar surface area (TPSA) is 736 Å². The average Bonchev–Trinajstić information content (AvgIpc) is 1.61. The maximum atomic E-state index is 19.7. The van der Waals surface area contributed by atoms with E-state index in [1.54, 1.807) is 20.8 Å². The van der Waals surface area contributed by atoms with Crippen LogP contribution in [0.4, 0.5) is 13.2 Å². The molecule has 5 heterocycles. The summed E-state index contributed by atoms with van der Waals surface area (Å²) >= 11 is 0. The Morgan fingerprint density at radius 3 is 0.928 bits per heavy atom. The predicted octanol–water partition coefficient (Wildman–Crippen LogP) is -4.25. The van der Waals surface area contributed by atoms with Crippen molar-refractivity contribution in [2.45, 2.75) is 381 Å². The van der Waals surface area contributed by atoms with Gasteiger partial charge in [-0.15, -0.1) is 0 Å². The lowest BCUT2D eigenvalue weighted by atomic mass is 9.41. The standard InChI is InChI=1S/C93H129F3O43/c1-79-28-49(103)88(94)40(37(79)13-16-43(79)46(100)31-97)10-7-34-25-85(128,22-19-82(34,88)4)91(69(115)57(111)54(108)61(134-91)72(118)119)137-66-65(132-77(127)64-53(107)52(106)60(114)76(126)131-64)67(75(124)125)133-78(139-93(71(117)59(113)56(110)63(136-93)74(122)123)87(130)24-21-84(6)36(27-87)9-12-42-39-15-18-45(48(102)33-99)81(39,3)30-51(105)90(42,84)96)68(66)138-92(70(116)58(112)55(109)62(135-92)73(120)121)86(129)23-20-83(5)35(26-86)8-11-41-38-14-17-44(47(101)32-98)80(38,2)29-50(104)89(41,83)95/h34-45,52-71,76,78,97-99,106-117,126,128-130H,7-33H2,1-6H3,(H,118,119)(H,120,121)(H,122,123)(H,124,125)/t34?,35?,36?,37?,38?,39?,40?,41?,42?,43-,44-,45-,52+,53+,54+,55+,56+,57+,58+,59+,60-,61+,62+,63+,64+,65+,66-,67+,68-,69-,70-,71-,76?,78?,79+,80+,81+,82+,83+,84+,85-,86-,87+,88+,89-,90-,91?,92?,93?/m1/s1. The van der Waals surface area contributed by atoms with Gasteiger partial charge >= 0.3 is 29.8 Å². The number of ether oxygens (including phenoxy) is 9. The van der Waals surface area contributed by atoms with Gasteiger partial charge in [-0.3, -0.25) is 28.8 Å². The van der Waals surface area contributed by atoms with E-state index in [1.165, 1.54) is 20.8 Å². The molecule has 0 spiro atoms. The molecule has 14 unspecified atom stereocenters. The molecule has 0 aromatic heterocycles. The molecular weight excluding hydrogens is 1860 g/mol. The zero-order valence-corrected chi connectivity index (χ0v) is 77.3. The van der Waals surface area contributed by atoms with Gasteiger partial charge in [0.2, 0.25) is 17.4 Å². The van der Waals surface area contributed by atoms with E-state index >= 15 is 37.1 Å². The van der Waals surface area contributed by atoms with Crippen molar-refractivity contribution in [3.8, 4) is 0 Å². The summed E-state index contributed by atoms with van der Waals surface area (Å²) < 4.78 is 117. The van der Waals surface area contributed by atoms with Gasteiger partial charge in [0.25, 0.3) is 0 Å². The molecule has 0 radical (unpaired) electrons. The third-order valence-electron chi connectivity index (χ3n) is 39.7. The SMILES string of the molecule is C[C@]12CC(=O)[C@@]3(F)C(CCC4C[C@@](O)(C5(O[C@@H]6[C@H](OC(=O)[C@H]7OC(O)[C@H](O)[C@@H](O)[C@@H]7O)[C@@H](C(=O)O)OC(OC7([C@]8(O)CC[C@@]9(C)C(CCC%10C%11CC[C@H](C(=O)CO)[C@@]%11(C)CC(=O)[C@]%109F)C8)O[C@H](C(=O)O)[C@@H](O)[C@H](O)[C@H]7O)[C@@H]6OC6([C@@]7(O)CC[C@@]8(C)C(CCC9C%10CC[C@H](C(=O)CO)[C@@]%10(C)CC(=O)[C@]98F)C7)O[C@H](C(=O)O)[C@@H](O)[C@H](O)[C@H]6O)O[C@H](C(=O)O)[C@@H](O)[C@H](O)[C@H]5O)CC[C@@]43C)C1CC[C@@H]2C(=O)CO. The molecule has 5 saturated heterocycles. The third-order valence-corrected chi connectivity index (χ3v) is 39.7. The summed E-state index contributed by atoms with van der Waals surface area (Å²) in [6, 6.07) is 0. The van der Waals surface area contributed by atoms with Crippen molar-refractivity contribution >= 4 is 64.5 Å². The van der Waals surface area contributed by atoms with E-state index < -0.39 is 451 Å². The van der Waals surface area contributed by atoms with Gasteiger partial charge in [-0.05, 0) is 187 Å². The lowest BCUT2D eigenvalue weighted by Crippen LogP contribution is -2.82. The molecule has 17 rings (SSSR count). The maximum Gasteiger partial charge on any atom is 0.338 e. The first-order chi connectivity index (χ1) is 64.7. The number of ketones is 6. The van der Waals surface area contributed by atoms with E-state index in [9.17, 15) is 146 Å². The molecule has 43 nitrogen and oxygen atoms in total. The fourth-order valence-electron chi connectivity index (χ4n) is 32.2. The van der Waals surface area contributed by atoms with Crippen molar-refractivity contribution in [2.75, 3.05) is 19.8 Å². The number of hydrogen-bond donors (Lipinski definition) is 23. The molecule has 0 amide bonds. The number of hydrogen-bond acceptors (Lipinski definition) is 39. The Labute approximate surface area is 792 Å². The van der Waals surface area contributed by atoms with Crippen LogP contribution in [0.1, 0.15) is 196 Å². The van der Waals surface area contributed by atoms with Crippen molar-refractivity contribution < 1.29 is 226 Å². The molecule has 46 heteroatoms. The van der Waals surface area contributed by atoms with Crippen molar-refractivity contribution in [1.82, 2.24) is 0 Å². The van der Waals surface area contributed by atoms with Gasteiger partial charge in [0.1, 0.15) is 122 Å². The molecule has 0 aromatic carbocycles. The molecule has 12 saturated carbocycles. The van der Waals surface area contributed by atoms with E-state index in [4.69, 9.17) is 42.6 Å². The van der Waals surface area contributed by atoms with Gasteiger partial charge < -0.3 is 160 Å². The smallest absolute Gasteiger partial charge is 0.338 e. The largest absolute Gasteiger partial charge is 0.479 e. The minimum Gasteiger partial charge on any atom is -0.479 e. The Kier molecular flexibility index (Phi) is 26.2. The number of carboxylic acid groups (broad SMARTS) is 4. The Morgan fingerprint density at radius 2 is 0.626 bits per heavy atom. The second-order valence-corrected chi connectivity index (χ2v) is 45.4. The second kappa shape index (κ2) is 34.9. The Balaban J connectivity index is 0.884. The first-order valence-electron chi connectivity index (χ1n) is 48.2. The summed E-state index contributed by atoms with van der Waals surface area (Å²) in [6.07, 6.45) is -83.1. The Morgan fingerprint density at radius 1 is 0.338 bits per heavy atom. The quantitative estimate of drug-likeness (QED) is 0.0484. The number of carbonyl (C=O) groups excluding carboxylic acids is 7. The highest BCUT2D eigenvalue weighted by atomic mass is 19.2. The Hall–Kier alpha value is -5.92. The molecule has 17 aliphatic rings. The first-order valence-corrected chi connectivity index (χ1v) is 48.2. The van der Waals surface area contributed by atoms with Crippen LogP contribution in [0.5, 0.6) is 0 Å². The number of aliphatic hydroxyl groups excluding tert-OH is 16. The van der Waals surface area contributed by atoms with Gasteiger partial charge in [-0.25, -0.2) is 37.1 Å². The van der Waals surface area contributed by atoms with Crippen LogP contribution in [-0.4, -0.2) is 388 Å². The highest BCUT2D eigenvalue weighted by Crippen LogP contribution is 2.76. The molecular formula is C93H129F3O43. The number of halogens is 3. The molecule has 0 bridgehead atoms. The van der Waals surface area contributed by atoms with Crippen LogP contribution in [0.3, 0.4) is 0 Å². The molecule has 17 fully saturated rings. The number of rotatable bonds is 21. The third kappa shape index (κ3) is 14.2. The number of esters is 1. The van der Waals surface area contributed by atoms with Gasteiger partial charge in [0.05, 0.1) is 0 Å². The van der Waals surface area contributed by atoms with E-state index in [0.717, 1.165) is 0 Å². The zero-order valence-electron chi connectivity index (χ0n) is 77.3. The van der Waals surface area contributed by atoms with Gasteiger partial charge in [0.15, 0.2) is 101 Å². The van der Waals surface area contributed by atoms with E-state index in [2.05, 4.69) is 0 Å². The fraction of sp³-hybridized carbons (Fsp3) is 0.882. The van der Waals surface area contributed by atoms with Crippen LogP contribution in [0.25, 0.3) is 0 Å². The van der Waals surface area contributed by atoms with Gasteiger partial charge in [-0.2, -0.15) is 0 Å². The summed E-state index contributed by atoms with van der Waals surface area (Å²) in [5.74, 6) is -43.5. The summed E-state index contributed by atoms with van der Waals surface area (Å²) in [4.78, 5) is 160. The monoisotopic (exact) mass is 1990 g/mol. The minimum atomic E-state index is -4.31. The lowest BCUT2D eigenvalue weighted by Gasteiger charge is -2.67. The van der Waals surface area contributed by atoms with E-state index in [-0.39, 0.29) is 77.0 Å². The van der Waals surface area contributed by atoms with Crippen molar-refractivity contribution in [3.05, 3.63) is 0 Å². The number of aliphatic carboxylic acids is 4. The molecule has 780 valence electrons. The number of alkyl halides is 3. The molecule has 5 aliphatic heterocycles. The highest BCUT2D eigenvalue weighted by Gasteiger charge is 2.84. The summed E-state index contributed by atoms with van der Waals surface area (Å²) in [6.45, 7) is 5.96. The summed E-state index contributed by atoms with van der Waals surface area (Å²) in [7, 11) is 0. The highest BCUT2D eigenvalue weighted by molar-refractivity contribution is 5.95. The van der Waals surface area contributed by atoms with Crippen LogP contribution in [0.2, 0.25) is 0 Å². The number of carbonyl (C=O) groups is 11. The van der Waals surface area contributed by atoms with Crippen molar-refractivity contribution in [2.24, 2.45) is 104 Å². The van der Waals surface area contributed by atoms with Crippen molar-refractivity contribution in [3.63, 3.8) is 0 Å². The van der Waals surface area contributed by atoms with E-state index in [1.807, 2.05) is 0 Å². The summed E-state index contributed by atoms with van der Waals surface area (Å²) in [5, 5.41) is 279. The van der Waals surface area contributed by atoms with Crippen LogP contribution < -0.4 is 0 Å². The molecule has 23 N–H and O–H groups in total. The van der Waals surface area contributed by atoms with Crippen LogP contribution in [0.15, 0.2) is 0 Å². The summed E-state index contributed by atoms with van der Waals surface area (Å²) in [5.41, 5.74) is -29.6. The molecule has 139 heavy (non-hydrogen) atoms. The van der Waals surface area contributed by atoms with Crippen LogP contribution in [0, 0.1) is 104 Å². The molecule has 0 aromatic rings. The number of carboxylic acids is 4. The van der Waals surface area contributed by atoms with Crippen molar-refractivity contribution in [1.29, 1.82) is 0 Å². The second-order valence-electron chi connectivity index (χ2n) is 45.4. The van der Waals surface area contributed by atoms with Gasteiger partial charge in [-0.1, -0.05) is 41.5 Å². The zero-order chi connectivity index (χ0) is 102. The van der Waals surface area contributed by atoms with Crippen LogP contribution in [-0.2, 0) is 95.4 Å².